The molecule has 0 bridgehead atoms. The second-order valence-electron chi connectivity index (χ2n) is 2.38. The van der Waals surface area contributed by atoms with E-state index in [-0.39, 0.29) is 12.3 Å². The van der Waals surface area contributed by atoms with Gasteiger partial charge in [0.25, 0.3) is 0 Å². The van der Waals surface area contributed by atoms with E-state index in [9.17, 15) is 13.2 Å². The maximum atomic E-state index is 12.7. The standard InChI is InChI=1S/C8H8F3NO/c9-6-1-5(4-12)2-7(3-6)13-8(10)11/h1-3,8H,4,12H2. The maximum Gasteiger partial charge on any atom is 0.387 e. The van der Waals surface area contributed by atoms with Crippen molar-refractivity contribution in [2.75, 3.05) is 0 Å². The van der Waals surface area contributed by atoms with E-state index < -0.39 is 12.4 Å². The molecule has 0 saturated carbocycles. The van der Waals surface area contributed by atoms with E-state index >= 15 is 0 Å². The number of alkyl halides is 2. The number of hydrogen-bond acceptors (Lipinski definition) is 2. The molecule has 0 heterocycles. The third-order valence-electron chi connectivity index (χ3n) is 1.39. The Hall–Kier alpha value is -1.23. The lowest BCUT2D eigenvalue weighted by atomic mass is 10.2. The van der Waals surface area contributed by atoms with Crippen molar-refractivity contribution < 1.29 is 17.9 Å². The summed E-state index contributed by atoms with van der Waals surface area (Å²) < 4.78 is 40.1. The molecule has 0 unspecified atom stereocenters. The van der Waals surface area contributed by atoms with E-state index in [1.54, 1.807) is 0 Å². The van der Waals surface area contributed by atoms with Crippen LogP contribution in [0.2, 0.25) is 0 Å². The minimum Gasteiger partial charge on any atom is -0.435 e. The van der Waals surface area contributed by atoms with E-state index in [4.69, 9.17) is 5.73 Å². The zero-order valence-corrected chi connectivity index (χ0v) is 6.64. The first kappa shape index (κ1) is 9.85. The summed E-state index contributed by atoms with van der Waals surface area (Å²) in [5.74, 6) is -0.853. The normalized spacial score (nSPS) is 10.5. The molecule has 0 aliphatic rings. The molecule has 1 aromatic rings. The third kappa shape index (κ3) is 2.95. The van der Waals surface area contributed by atoms with Gasteiger partial charge >= 0.3 is 6.61 Å². The van der Waals surface area contributed by atoms with Gasteiger partial charge in [-0.2, -0.15) is 8.78 Å². The number of rotatable bonds is 3. The fraction of sp³-hybridized carbons (Fsp3) is 0.250. The minimum atomic E-state index is -2.95. The highest BCUT2D eigenvalue weighted by atomic mass is 19.3. The quantitative estimate of drug-likeness (QED) is 0.791. The Bertz CT molecular complexity index is 291. The molecule has 2 N–H and O–H groups in total. The summed E-state index contributed by atoms with van der Waals surface area (Å²) in [6, 6.07) is 3.32. The molecule has 0 spiro atoms. The van der Waals surface area contributed by atoms with Crippen molar-refractivity contribution in [3.05, 3.63) is 29.6 Å². The fourth-order valence-corrected chi connectivity index (χ4v) is 0.909. The van der Waals surface area contributed by atoms with Crippen molar-refractivity contribution in [2.45, 2.75) is 13.2 Å². The Morgan fingerprint density at radius 2 is 2.00 bits per heavy atom. The first-order valence-corrected chi connectivity index (χ1v) is 3.56. The van der Waals surface area contributed by atoms with Crippen molar-refractivity contribution >= 4 is 0 Å². The maximum absolute atomic E-state index is 12.7. The molecule has 13 heavy (non-hydrogen) atoms. The van der Waals surface area contributed by atoms with Crippen LogP contribution in [0.1, 0.15) is 5.56 Å². The Morgan fingerprint density at radius 3 is 2.54 bits per heavy atom. The summed E-state index contributed by atoms with van der Waals surface area (Å²) in [5.41, 5.74) is 5.62. The summed E-state index contributed by atoms with van der Waals surface area (Å²) in [6.07, 6.45) is 0. The number of halogens is 3. The van der Waals surface area contributed by atoms with E-state index in [0.717, 1.165) is 6.07 Å². The zero-order chi connectivity index (χ0) is 9.84. The molecule has 2 nitrogen and oxygen atoms in total. The van der Waals surface area contributed by atoms with Crippen LogP contribution in [0.3, 0.4) is 0 Å². The number of hydrogen-bond donors (Lipinski definition) is 1. The predicted molar refractivity (Wildman–Crippen MR) is 40.9 cm³/mol. The monoisotopic (exact) mass is 191 g/mol. The van der Waals surface area contributed by atoms with E-state index in [1.807, 2.05) is 0 Å². The lowest BCUT2D eigenvalue weighted by molar-refractivity contribution is -0.0500. The van der Waals surface area contributed by atoms with Gasteiger partial charge in [-0.1, -0.05) is 0 Å². The summed E-state index contributed by atoms with van der Waals surface area (Å²) in [5, 5.41) is 0. The van der Waals surface area contributed by atoms with E-state index in [1.165, 1.54) is 12.1 Å². The second-order valence-corrected chi connectivity index (χ2v) is 2.38. The van der Waals surface area contributed by atoms with Crippen LogP contribution < -0.4 is 10.5 Å². The molecule has 1 aromatic carbocycles. The molecule has 0 amide bonds. The van der Waals surface area contributed by atoms with Gasteiger partial charge in [0.1, 0.15) is 11.6 Å². The average Bonchev–Trinajstić information content (AvgIpc) is 2.01. The molecule has 0 aliphatic carbocycles. The van der Waals surface area contributed by atoms with Gasteiger partial charge in [-0.05, 0) is 17.7 Å². The Kier molecular flexibility index (Phi) is 3.13. The van der Waals surface area contributed by atoms with Crippen LogP contribution in [0.5, 0.6) is 5.75 Å². The van der Waals surface area contributed by atoms with Gasteiger partial charge in [-0.25, -0.2) is 4.39 Å². The Labute approximate surface area is 73.1 Å². The highest BCUT2D eigenvalue weighted by Gasteiger charge is 2.06. The molecule has 72 valence electrons. The van der Waals surface area contributed by atoms with Crippen molar-refractivity contribution in [3.63, 3.8) is 0 Å². The van der Waals surface area contributed by atoms with Crippen LogP contribution in [0.15, 0.2) is 18.2 Å². The minimum absolute atomic E-state index is 0.0807. The molecule has 0 fully saturated rings. The van der Waals surface area contributed by atoms with Crippen LogP contribution >= 0.6 is 0 Å². The molecule has 0 aliphatic heterocycles. The highest BCUT2D eigenvalue weighted by Crippen LogP contribution is 2.18. The van der Waals surface area contributed by atoms with Crippen molar-refractivity contribution in [1.29, 1.82) is 0 Å². The van der Waals surface area contributed by atoms with Crippen molar-refractivity contribution in [2.24, 2.45) is 5.73 Å². The smallest absolute Gasteiger partial charge is 0.387 e. The molecule has 0 atom stereocenters. The number of benzene rings is 1. The van der Waals surface area contributed by atoms with Gasteiger partial charge in [0.2, 0.25) is 0 Å². The molecule has 0 radical (unpaired) electrons. The van der Waals surface area contributed by atoms with Gasteiger partial charge in [0.15, 0.2) is 0 Å². The van der Waals surface area contributed by atoms with Crippen LogP contribution in [0.4, 0.5) is 13.2 Å². The van der Waals surface area contributed by atoms with Gasteiger partial charge < -0.3 is 10.5 Å². The van der Waals surface area contributed by atoms with E-state index in [2.05, 4.69) is 4.74 Å². The van der Waals surface area contributed by atoms with E-state index in [0.29, 0.717) is 5.56 Å². The average molecular weight is 191 g/mol. The van der Waals surface area contributed by atoms with Gasteiger partial charge in [-0.15, -0.1) is 0 Å². The van der Waals surface area contributed by atoms with Gasteiger partial charge in [0, 0.05) is 12.6 Å². The summed E-state index contributed by atoms with van der Waals surface area (Å²) in [7, 11) is 0. The number of ether oxygens (including phenoxy) is 1. The van der Waals surface area contributed by atoms with Gasteiger partial charge in [0.05, 0.1) is 0 Å². The fourth-order valence-electron chi connectivity index (χ4n) is 0.909. The van der Waals surface area contributed by atoms with Crippen molar-refractivity contribution in [1.82, 2.24) is 0 Å². The predicted octanol–water partition coefficient (Wildman–Crippen LogP) is 1.89. The Balaban J connectivity index is 2.88. The topological polar surface area (TPSA) is 35.2 Å². The lowest BCUT2D eigenvalue weighted by Crippen LogP contribution is -2.04. The first-order valence-electron chi connectivity index (χ1n) is 3.56. The largest absolute Gasteiger partial charge is 0.435 e. The van der Waals surface area contributed by atoms with Crippen molar-refractivity contribution in [3.8, 4) is 5.75 Å². The first-order chi connectivity index (χ1) is 6.11. The van der Waals surface area contributed by atoms with Crippen LogP contribution in [-0.4, -0.2) is 6.61 Å². The molecular weight excluding hydrogens is 183 g/mol. The number of nitrogens with two attached hydrogens (primary N) is 1. The molecule has 5 heteroatoms. The third-order valence-corrected chi connectivity index (χ3v) is 1.39. The molecular formula is C8H8F3NO. The van der Waals surface area contributed by atoms with Crippen LogP contribution in [0.25, 0.3) is 0 Å². The SMILES string of the molecule is NCc1cc(F)cc(OC(F)F)c1. The highest BCUT2D eigenvalue weighted by molar-refractivity contribution is 5.29. The lowest BCUT2D eigenvalue weighted by Gasteiger charge is -2.05. The zero-order valence-electron chi connectivity index (χ0n) is 6.64. The summed E-state index contributed by atoms with van der Waals surface area (Å²) >= 11 is 0. The molecule has 0 aromatic heterocycles. The molecule has 0 saturated heterocycles. The Morgan fingerprint density at radius 1 is 1.31 bits per heavy atom. The summed E-state index contributed by atoms with van der Waals surface area (Å²) in [6.45, 7) is -2.87. The summed E-state index contributed by atoms with van der Waals surface area (Å²) in [4.78, 5) is 0. The van der Waals surface area contributed by atoms with Gasteiger partial charge in [-0.3, -0.25) is 0 Å². The second kappa shape index (κ2) is 4.13. The van der Waals surface area contributed by atoms with Crippen LogP contribution in [-0.2, 0) is 6.54 Å². The van der Waals surface area contributed by atoms with Crippen LogP contribution in [0, 0.1) is 5.82 Å². The molecule has 1 rings (SSSR count).